The first-order valence-corrected chi connectivity index (χ1v) is 11.0. The van der Waals surface area contributed by atoms with E-state index in [1.165, 1.54) is 12.1 Å². The van der Waals surface area contributed by atoms with E-state index in [4.69, 9.17) is 5.73 Å². The number of alkyl halides is 1. The number of aryl methyl sites for hydroxylation is 1. The maximum atomic E-state index is 13.6. The molecule has 2 aliphatic rings. The minimum absolute atomic E-state index is 0.00963. The topological polar surface area (TPSA) is 109 Å². The molecular formula is C24H27F2N5O2. The Labute approximate surface area is 190 Å². The molecule has 3 atom stereocenters. The predicted molar refractivity (Wildman–Crippen MR) is 121 cm³/mol. The second-order valence-electron chi connectivity index (χ2n) is 8.42. The number of halogens is 2. The number of anilines is 1. The Morgan fingerprint density at radius 2 is 2.09 bits per heavy atom. The molecule has 1 aliphatic heterocycles. The normalized spacial score (nSPS) is 20.5. The summed E-state index contributed by atoms with van der Waals surface area (Å²) in [6.07, 6.45) is 3.82. The predicted octanol–water partition coefficient (Wildman–Crippen LogP) is 2.33. The molecule has 2 amide bonds. The van der Waals surface area contributed by atoms with E-state index in [2.05, 4.69) is 20.9 Å². The van der Waals surface area contributed by atoms with E-state index in [9.17, 15) is 18.4 Å². The summed E-state index contributed by atoms with van der Waals surface area (Å²) in [5.74, 6) is -0.766. The van der Waals surface area contributed by atoms with E-state index in [0.29, 0.717) is 24.3 Å². The lowest BCUT2D eigenvalue weighted by Gasteiger charge is -2.25. The van der Waals surface area contributed by atoms with Crippen LogP contribution < -0.4 is 21.7 Å². The number of fused-ring (bicyclic) bond motifs is 1. The number of nitrogen functional groups attached to an aromatic ring is 1. The Morgan fingerprint density at radius 3 is 2.88 bits per heavy atom. The first-order chi connectivity index (χ1) is 15.9. The Balaban J connectivity index is 1.38. The smallest absolute Gasteiger partial charge is 0.242 e. The largest absolute Gasteiger partial charge is 0.384 e. The summed E-state index contributed by atoms with van der Waals surface area (Å²) in [5.41, 5.74) is 9.07. The van der Waals surface area contributed by atoms with Crippen molar-refractivity contribution in [2.45, 2.75) is 51.0 Å². The van der Waals surface area contributed by atoms with Gasteiger partial charge in [0.1, 0.15) is 30.4 Å². The van der Waals surface area contributed by atoms with Crippen molar-refractivity contribution in [2.75, 3.05) is 12.3 Å². The molecule has 4 rings (SSSR count). The average molecular weight is 456 g/mol. The highest BCUT2D eigenvalue weighted by Gasteiger charge is 2.29. The van der Waals surface area contributed by atoms with Gasteiger partial charge in [0.25, 0.3) is 0 Å². The van der Waals surface area contributed by atoms with Gasteiger partial charge in [0.05, 0.1) is 6.04 Å². The van der Waals surface area contributed by atoms with Crippen molar-refractivity contribution < 1.29 is 18.4 Å². The third kappa shape index (κ3) is 5.03. The van der Waals surface area contributed by atoms with Crippen molar-refractivity contribution in [3.05, 3.63) is 64.6 Å². The fourth-order valence-electron chi connectivity index (χ4n) is 4.29. The van der Waals surface area contributed by atoms with Gasteiger partial charge < -0.3 is 21.7 Å². The average Bonchev–Trinajstić information content (AvgIpc) is 3.20. The summed E-state index contributed by atoms with van der Waals surface area (Å²) < 4.78 is 26.6. The number of pyridine rings is 1. The second-order valence-corrected chi connectivity index (χ2v) is 8.42. The fourth-order valence-corrected chi connectivity index (χ4v) is 4.29. The van der Waals surface area contributed by atoms with Gasteiger partial charge in [-0.3, -0.25) is 9.59 Å². The van der Waals surface area contributed by atoms with Crippen molar-refractivity contribution in [1.82, 2.24) is 20.9 Å². The number of carbonyl (C=O) groups excluding carboxylic acids is 2. The van der Waals surface area contributed by atoms with Crippen LogP contribution in [0, 0.1) is 5.82 Å². The van der Waals surface area contributed by atoms with Crippen LogP contribution in [0.25, 0.3) is 5.57 Å². The standard InChI is InChI=1S/C24H27F2N5O2/c1-13(23(32)31-20-6-5-19-17(20)3-7-22(27)30-19)29-24(33)21-11-15(8-9-28-21)14-2-4-18(26)16(10-14)12-25/h2-4,7,10-11,13,20-21,28H,5-6,8-9,12H2,1H3,(H2,27,30)(H,29,33)(H,31,32). The SMILES string of the molecule is CC(NC(=O)C1C=C(c2ccc(F)c(CF)c2)CCN1)C(=O)NC1CCc2nc(N)ccc21. The van der Waals surface area contributed by atoms with E-state index < -0.39 is 24.6 Å². The molecule has 1 aliphatic carbocycles. The van der Waals surface area contributed by atoms with E-state index >= 15 is 0 Å². The fraction of sp³-hybridized carbons (Fsp3) is 0.375. The first kappa shape index (κ1) is 22.8. The third-order valence-electron chi connectivity index (χ3n) is 6.11. The van der Waals surface area contributed by atoms with Crippen LogP contribution in [0.2, 0.25) is 0 Å². The van der Waals surface area contributed by atoms with Crippen molar-refractivity contribution in [1.29, 1.82) is 0 Å². The number of nitrogens with two attached hydrogens (primary N) is 1. The minimum atomic E-state index is -0.892. The van der Waals surface area contributed by atoms with Crippen LogP contribution in [-0.2, 0) is 22.7 Å². The number of aromatic nitrogens is 1. The highest BCUT2D eigenvalue weighted by Crippen LogP contribution is 2.30. The Kier molecular flexibility index (Phi) is 6.69. The quantitative estimate of drug-likeness (QED) is 0.535. The molecule has 0 saturated heterocycles. The second kappa shape index (κ2) is 9.66. The van der Waals surface area contributed by atoms with Crippen LogP contribution in [0.1, 0.15) is 48.2 Å². The Hall–Kier alpha value is -3.33. The molecule has 9 heteroatoms. The van der Waals surface area contributed by atoms with Crippen LogP contribution in [0.3, 0.4) is 0 Å². The molecule has 1 aromatic carbocycles. The summed E-state index contributed by atoms with van der Waals surface area (Å²) >= 11 is 0. The Morgan fingerprint density at radius 1 is 1.27 bits per heavy atom. The molecule has 0 radical (unpaired) electrons. The molecule has 0 spiro atoms. The van der Waals surface area contributed by atoms with Gasteiger partial charge in [-0.25, -0.2) is 13.8 Å². The van der Waals surface area contributed by atoms with Gasteiger partial charge in [-0.1, -0.05) is 18.2 Å². The number of hydrogen-bond donors (Lipinski definition) is 4. The molecule has 2 heterocycles. The first-order valence-electron chi connectivity index (χ1n) is 11.0. The van der Waals surface area contributed by atoms with E-state index in [1.54, 1.807) is 25.1 Å². The van der Waals surface area contributed by atoms with Gasteiger partial charge in [-0.2, -0.15) is 0 Å². The third-order valence-corrected chi connectivity index (χ3v) is 6.11. The summed E-state index contributed by atoms with van der Waals surface area (Å²) in [6, 6.07) is 6.32. The molecule has 174 valence electrons. The lowest BCUT2D eigenvalue weighted by atomic mass is 9.95. The zero-order valence-corrected chi connectivity index (χ0v) is 18.3. The molecule has 0 fully saturated rings. The molecular weight excluding hydrogens is 428 g/mol. The lowest BCUT2D eigenvalue weighted by molar-refractivity contribution is -0.129. The molecule has 0 saturated carbocycles. The van der Waals surface area contributed by atoms with Gasteiger partial charge in [-0.15, -0.1) is 0 Å². The zero-order valence-electron chi connectivity index (χ0n) is 18.3. The highest BCUT2D eigenvalue weighted by molar-refractivity contribution is 5.92. The van der Waals surface area contributed by atoms with Crippen LogP contribution in [0.4, 0.5) is 14.6 Å². The van der Waals surface area contributed by atoms with Gasteiger partial charge in [0.2, 0.25) is 11.8 Å². The summed E-state index contributed by atoms with van der Waals surface area (Å²) in [4.78, 5) is 29.8. The van der Waals surface area contributed by atoms with Crippen LogP contribution in [-0.4, -0.2) is 35.4 Å². The van der Waals surface area contributed by atoms with Crippen molar-refractivity contribution in [3.8, 4) is 0 Å². The van der Waals surface area contributed by atoms with Crippen LogP contribution in [0.15, 0.2) is 36.4 Å². The number of hydrogen-bond acceptors (Lipinski definition) is 5. The van der Waals surface area contributed by atoms with E-state index in [1.807, 2.05) is 6.07 Å². The van der Waals surface area contributed by atoms with Gasteiger partial charge >= 0.3 is 0 Å². The molecule has 5 N–H and O–H groups in total. The Bertz CT molecular complexity index is 1100. The summed E-state index contributed by atoms with van der Waals surface area (Å²) in [7, 11) is 0. The minimum Gasteiger partial charge on any atom is -0.384 e. The van der Waals surface area contributed by atoms with Crippen LogP contribution >= 0.6 is 0 Å². The summed E-state index contributed by atoms with van der Waals surface area (Å²) in [5, 5.41) is 8.83. The number of rotatable bonds is 6. The van der Waals surface area contributed by atoms with Crippen molar-refractivity contribution >= 4 is 23.2 Å². The summed E-state index contributed by atoms with van der Waals surface area (Å²) in [6.45, 7) is 1.27. The number of benzene rings is 1. The molecule has 2 aromatic rings. The maximum Gasteiger partial charge on any atom is 0.242 e. The van der Waals surface area contributed by atoms with E-state index in [-0.39, 0.29) is 23.4 Å². The van der Waals surface area contributed by atoms with Gasteiger partial charge in [-0.05, 0) is 61.1 Å². The van der Waals surface area contributed by atoms with Gasteiger partial charge in [0.15, 0.2) is 0 Å². The number of carbonyl (C=O) groups is 2. The van der Waals surface area contributed by atoms with E-state index in [0.717, 1.165) is 29.7 Å². The molecule has 0 bridgehead atoms. The molecule has 3 unspecified atom stereocenters. The van der Waals surface area contributed by atoms with Crippen molar-refractivity contribution in [3.63, 3.8) is 0 Å². The van der Waals surface area contributed by atoms with Crippen molar-refractivity contribution in [2.24, 2.45) is 0 Å². The monoisotopic (exact) mass is 455 g/mol. The zero-order chi connectivity index (χ0) is 23.5. The number of amides is 2. The number of nitrogens with zero attached hydrogens (tertiary/aromatic N) is 1. The number of nitrogens with one attached hydrogen (secondary N) is 3. The molecule has 33 heavy (non-hydrogen) atoms. The van der Waals surface area contributed by atoms with Crippen LogP contribution in [0.5, 0.6) is 0 Å². The highest BCUT2D eigenvalue weighted by atomic mass is 19.1. The maximum absolute atomic E-state index is 13.6. The van der Waals surface area contributed by atoms with Gasteiger partial charge in [0, 0.05) is 17.8 Å². The molecule has 1 aromatic heterocycles. The molecule has 7 nitrogen and oxygen atoms in total. The lowest BCUT2D eigenvalue weighted by Crippen LogP contribution is -2.52.